The van der Waals surface area contributed by atoms with Gasteiger partial charge in [0.05, 0.1) is 11.6 Å². The molecule has 1 heterocycles. The van der Waals surface area contributed by atoms with E-state index >= 15 is 0 Å². The van der Waals surface area contributed by atoms with E-state index in [4.69, 9.17) is 5.11 Å². The van der Waals surface area contributed by atoms with Gasteiger partial charge in [0.2, 0.25) is 6.43 Å². The van der Waals surface area contributed by atoms with Crippen LogP contribution in [0.3, 0.4) is 0 Å². The minimum absolute atomic E-state index is 0.0333. The monoisotopic (exact) mass is 364 g/mol. The number of aliphatic carboxylic acids is 1. The van der Waals surface area contributed by atoms with Gasteiger partial charge in [-0.15, -0.1) is 0 Å². The predicted molar refractivity (Wildman–Crippen MR) is 93.7 cm³/mol. The van der Waals surface area contributed by atoms with Gasteiger partial charge >= 0.3 is 5.97 Å². The molecule has 0 fully saturated rings. The largest absolute Gasteiger partial charge is 0.480 e. The van der Waals surface area contributed by atoms with E-state index in [1.165, 1.54) is 0 Å². The molecule has 5 nitrogen and oxygen atoms in total. The van der Waals surface area contributed by atoms with E-state index in [1.807, 2.05) is 48.7 Å². The number of nitrogens with one attached hydrogen (secondary N) is 1. The number of aryl methyl sites for hydroxylation is 1. The molecule has 7 heteroatoms. The molecule has 0 aliphatic rings. The van der Waals surface area contributed by atoms with Gasteiger partial charge in [-0.3, -0.25) is 4.79 Å². The second-order valence-electron chi connectivity index (χ2n) is 6.23. The fourth-order valence-corrected chi connectivity index (χ4v) is 3.12. The van der Waals surface area contributed by atoms with Crippen LogP contribution in [-0.2, 0) is 4.79 Å². The highest BCUT2D eigenvalue weighted by Crippen LogP contribution is 2.25. The zero-order chi connectivity index (χ0) is 19.4. The molecule has 0 saturated heterocycles. The number of carboxylic acid groups (broad SMARTS) is 1. The van der Waals surface area contributed by atoms with Crippen molar-refractivity contribution in [2.24, 2.45) is 0 Å². The van der Waals surface area contributed by atoms with Crippen molar-refractivity contribution >= 4 is 11.9 Å². The van der Waals surface area contributed by atoms with Crippen molar-refractivity contribution in [3.63, 3.8) is 0 Å². The lowest BCUT2D eigenvalue weighted by molar-refractivity contribution is -0.140. The standard InChI is InChI=1S/C19H22F2N2O3/c1-11-9-15(18(24)22-16(19(25)26)10-17(20)21)13(3)23(11)12(2)14-7-5-4-6-8-14/h4-9,12,16-17H,10H2,1-3H3,(H,22,24)(H,25,26). The van der Waals surface area contributed by atoms with Gasteiger partial charge < -0.3 is 15.0 Å². The molecule has 2 rings (SSSR count). The summed E-state index contributed by atoms with van der Waals surface area (Å²) >= 11 is 0. The van der Waals surface area contributed by atoms with E-state index in [0.29, 0.717) is 5.69 Å². The van der Waals surface area contributed by atoms with Crippen molar-refractivity contribution in [2.75, 3.05) is 0 Å². The number of carbonyl (C=O) groups is 2. The summed E-state index contributed by atoms with van der Waals surface area (Å²) in [7, 11) is 0. The van der Waals surface area contributed by atoms with Crippen molar-refractivity contribution < 1.29 is 23.5 Å². The Morgan fingerprint density at radius 2 is 1.81 bits per heavy atom. The molecular weight excluding hydrogens is 342 g/mol. The molecule has 2 unspecified atom stereocenters. The van der Waals surface area contributed by atoms with Crippen LogP contribution in [0.15, 0.2) is 36.4 Å². The zero-order valence-corrected chi connectivity index (χ0v) is 14.9. The molecule has 2 atom stereocenters. The molecule has 0 spiro atoms. The molecule has 0 aliphatic heterocycles. The third-order valence-corrected chi connectivity index (χ3v) is 4.42. The average molecular weight is 364 g/mol. The Balaban J connectivity index is 2.28. The van der Waals surface area contributed by atoms with E-state index in [-0.39, 0.29) is 11.6 Å². The number of benzene rings is 1. The summed E-state index contributed by atoms with van der Waals surface area (Å²) in [6.07, 6.45) is -3.75. The first kappa shape index (κ1) is 19.6. The van der Waals surface area contributed by atoms with Gasteiger partial charge in [0.25, 0.3) is 5.91 Å². The minimum Gasteiger partial charge on any atom is -0.480 e. The average Bonchev–Trinajstić information content (AvgIpc) is 2.88. The lowest BCUT2D eigenvalue weighted by atomic mass is 10.1. The second-order valence-corrected chi connectivity index (χ2v) is 6.23. The molecule has 0 radical (unpaired) electrons. The number of rotatable bonds is 7. The number of nitrogens with zero attached hydrogens (tertiary/aromatic N) is 1. The van der Waals surface area contributed by atoms with Gasteiger partial charge in [0.1, 0.15) is 6.04 Å². The van der Waals surface area contributed by atoms with Crippen molar-refractivity contribution in [1.29, 1.82) is 0 Å². The predicted octanol–water partition coefficient (Wildman–Crippen LogP) is 3.55. The number of hydrogen-bond acceptors (Lipinski definition) is 2. The molecule has 1 aromatic heterocycles. The van der Waals surface area contributed by atoms with Crippen LogP contribution in [0.4, 0.5) is 8.78 Å². The Morgan fingerprint density at radius 1 is 1.19 bits per heavy atom. The molecule has 1 aromatic carbocycles. The number of hydrogen-bond donors (Lipinski definition) is 2. The Hall–Kier alpha value is -2.70. The van der Waals surface area contributed by atoms with Crippen molar-refractivity contribution in [3.05, 3.63) is 58.9 Å². The van der Waals surface area contributed by atoms with Crippen LogP contribution >= 0.6 is 0 Å². The van der Waals surface area contributed by atoms with Crippen LogP contribution in [-0.4, -0.2) is 34.0 Å². The molecule has 0 saturated carbocycles. The summed E-state index contributed by atoms with van der Waals surface area (Å²) in [5.74, 6) is -2.15. The molecule has 1 amide bonds. The van der Waals surface area contributed by atoms with Crippen LogP contribution < -0.4 is 5.32 Å². The second kappa shape index (κ2) is 8.12. The van der Waals surface area contributed by atoms with E-state index in [0.717, 1.165) is 11.3 Å². The Morgan fingerprint density at radius 3 is 2.35 bits per heavy atom. The number of carbonyl (C=O) groups excluding carboxylic acids is 1. The first-order valence-electron chi connectivity index (χ1n) is 8.27. The molecule has 26 heavy (non-hydrogen) atoms. The number of amides is 1. The smallest absolute Gasteiger partial charge is 0.326 e. The topological polar surface area (TPSA) is 71.3 Å². The van der Waals surface area contributed by atoms with Gasteiger partial charge in [0, 0.05) is 17.8 Å². The third kappa shape index (κ3) is 4.28. The van der Waals surface area contributed by atoms with Gasteiger partial charge in [-0.2, -0.15) is 0 Å². The summed E-state index contributed by atoms with van der Waals surface area (Å²) in [6, 6.07) is 9.71. The number of alkyl halides is 2. The maximum Gasteiger partial charge on any atom is 0.326 e. The summed E-state index contributed by atoms with van der Waals surface area (Å²) in [4.78, 5) is 23.6. The minimum atomic E-state index is -2.82. The van der Waals surface area contributed by atoms with E-state index < -0.39 is 30.8 Å². The first-order valence-corrected chi connectivity index (χ1v) is 8.27. The molecular formula is C19H22F2N2O3. The third-order valence-electron chi connectivity index (χ3n) is 4.42. The van der Waals surface area contributed by atoms with Crippen LogP contribution in [0.25, 0.3) is 0 Å². The Labute approximate surface area is 150 Å². The quantitative estimate of drug-likeness (QED) is 0.789. The number of halogens is 2. The number of aromatic nitrogens is 1. The first-order chi connectivity index (χ1) is 12.2. The molecule has 140 valence electrons. The molecule has 0 aliphatic carbocycles. The number of carboxylic acids is 1. The summed E-state index contributed by atoms with van der Waals surface area (Å²) < 4.78 is 27.0. The highest BCUT2D eigenvalue weighted by molar-refractivity contribution is 5.97. The van der Waals surface area contributed by atoms with Crippen molar-refractivity contribution in [1.82, 2.24) is 9.88 Å². The summed E-state index contributed by atoms with van der Waals surface area (Å²) in [5.41, 5.74) is 2.82. The van der Waals surface area contributed by atoms with E-state index in [2.05, 4.69) is 5.32 Å². The molecule has 2 N–H and O–H groups in total. The van der Waals surface area contributed by atoms with Gasteiger partial charge in [-0.05, 0) is 32.4 Å². The Kier molecular flexibility index (Phi) is 6.13. The van der Waals surface area contributed by atoms with Crippen LogP contribution in [0.5, 0.6) is 0 Å². The lowest BCUT2D eigenvalue weighted by Crippen LogP contribution is -2.42. The highest BCUT2D eigenvalue weighted by atomic mass is 19.3. The maximum absolute atomic E-state index is 12.5. The normalized spacial score (nSPS) is 13.5. The Bertz CT molecular complexity index is 788. The van der Waals surface area contributed by atoms with Gasteiger partial charge in [-0.1, -0.05) is 30.3 Å². The highest BCUT2D eigenvalue weighted by Gasteiger charge is 2.27. The zero-order valence-electron chi connectivity index (χ0n) is 14.9. The summed E-state index contributed by atoms with van der Waals surface area (Å²) in [5, 5.41) is 11.2. The van der Waals surface area contributed by atoms with Crippen molar-refractivity contribution in [3.8, 4) is 0 Å². The molecule has 0 bridgehead atoms. The van der Waals surface area contributed by atoms with Gasteiger partial charge in [0.15, 0.2) is 0 Å². The summed E-state index contributed by atoms with van der Waals surface area (Å²) in [6.45, 7) is 5.59. The fourth-order valence-electron chi connectivity index (χ4n) is 3.12. The van der Waals surface area contributed by atoms with Crippen LogP contribution in [0.2, 0.25) is 0 Å². The van der Waals surface area contributed by atoms with E-state index in [9.17, 15) is 18.4 Å². The van der Waals surface area contributed by atoms with Crippen LogP contribution in [0, 0.1) is 13.8 Å². The molecule has 2 aromatic rings. The van der Waals surface area contributed by atoms with Crippen molar-refractivity contribution in [2.45, 2.75) is 45.7 Å². The van der Waals surface area contributed by atoms with E-state index in [1.54, 1.807) is 13.0 Å². The van der Waals surface area contributed by atoms with Crippen LogP contribution in [0.1, 0.15) is 46.7 Å². The van der Waals surface area contributed by atoms with Gasteiger partial charge in [-0.25, -0.2) is 13.6 Å². The fraction of sp³-hybridized carbons (Fsp3) is 0.368. The SMILES string of the molecule is Cc1cc(C(=O)NC(CC(F)F)C(=O)O)c(C)n1C(C)c1ccccc1. The maximum atomic E-state index is 12.5. The lowest BCUT2D eigenvalue weighted by Gasteiger charge is -2.19.